The Bertz CT molecular complexity index is 213. The van der Waals surface area contributed by atoms with Crippen LogP contribution in [0, 0.1) is 6.92 Å². The van der Waals surface area contributed by atoms with Gasteiger partial charge in [-0.1, -0.05) is 6.07 Å². The van der Waals surface area contributed by atoms with Gasteiger partial charge in [0, 0.05) is 17.8 Å². The lowest BCUT2D eigenvalue weighted by Gasteiger charge is -1.97. The molecule has 2 N–H and O–H groups in total. The zero-order valence-corrected chi connectivity index (χ0v) is 7.40. The third-order valence-electron chi connectivity index (χ3n) is 1.35. The minimum Gasteiger partial charge on any atom is -0.330 e. The first kappa shape index (κ1) is 10.4. The molecule has 0 aliphatic rings. The van der Waals surface area contributed by atoms with Crippen LogP contribution in [0.25, 0.3) is 0 Å². The van der Waals surface area contributed by atoms with Crippen molar-refractivity contribution in [3.8, 4) is 0 Å². The van der Waals surface area contributed by atoms with Crippen molar-refractivity contribution in [1.82, 2.24) is 4.98 Å². The van der Waals surface area contributed by atoms with E-state index in [0.29, 0.717) is 6.54 Å². The fourth-order valence-electron chi connectivity index (χ4n) is 0.887. The van der Waals surface area contributed by atoms with Crippen LogP contribution < -0.4 is 5.73 Å². The average molecular weight is 173 g/mol. The number of aromatic nitrogens is 1. The molecular formula is C8H13ClN2. The van der Waals surface area contributed by atoms with Crippen LogP contribution in [0.15, 0.2) is 18.2 Å². The van der Waals surface area contributed by atoms with E-state index in [1.807, 2.05) is 25.1 Å². The van der Waals surface area contributed by atoms with Crippen LogP contribution in [-0.2, 0) is 6.42 Å². The van der Waals surface area contributed by atoms with Crippen LogP contribution in [0.5, 0.6) is 0 Å². The Morgan fingerprint density at radius 2 is 2.18 bits per heavy atom. The van der Waals surface area contributed by atoms with E-state index in [1.165, 1.54) is 0 Å². The number of rotatable bonds is 2. The van der Waals surface area contributed by atoms with Gasteiger partial charge in [-0.05, 0) is 25.6 Å². The van der Waals surface area contributed by atoms with Crippen molar-refractivity contribution in [3.63, 3.8) is 0 Å². The highest BCUT2D eigenvalue weighted by atomic mass is 35.5. The van der Waals surface area contributed by atoms with Crippen molar-refractivity contribution in [1.29, 1.82) is 0 Å². The first-order valence-corrected chi connectivity index (χ1v) is 3.45. The third kappa shape index (κ3) is 3.35. The van der Waals surface area contributed by atoms with Crippen LogP contribution in [0.3, 0.4) is 0 Å². The normalized spacial score (nSPS) is 8.91. The first-order chi connectivity index (χ1) is 4.83. The Morgan fingerprint density at radius 1 is 1.45 bits per heavy atom. The molecule has 0 aromatic carbocycles. The molecule has 0 bridgehead atoms. The highest BCUT2D eigenvalue weighted by Gasteiger charge is 1.90. The van der Waals surface area contributed by atoms with E-state index in [2.05, 4.69) is 4.98 Å². The molecule has 11 heavy (non-hydrogen) atoms. The molecule has 0 aliphatic heterocycles. The second-order valence-corrected chi connectivity index (χ2v) is 2.31. The Hall–Kier alpha value is -0.600. The molecule has 0 fully saturated rings. The largest absolute Gasteiger partial charge is 0.330 e. The van der Waals surface area contributed by atoms with Crippen LogP contribution in [-0.4, -0.2) is 11.5 Å². The summed E-state index contributed by atoms with van der Waals surface area (Å²) < 4.78 is 0. The molecule has 1 heterocycles. The molecule has 1 rings (SSSR count). The van der Waals surface area contributed by atoms with Crippen molar-refractivity contribution in [2.45, 2.75) is 13.3 Å². The minimum absolute atomic E-state index is 0. The summed E-state index contributed by atoms with van der Waals surface area (Å²) in [6, 6.07) is 5.99. The average Bonchev–Trinajstić information content (AvgIpc) is 1.88. The second-order valence-electron chi connectivity index (χ2n) is 2.31. The van der Waals surface area contributed by atoms with Gasteiger partial charge >= 0.3 is 0 Å². The summed E-state index contributed by atoms with van der Waals surface area (Å²) in [6.45, 7) is 2.66. The molecule has 62 valence electrons. The maximum absolute atomic E-state index is 5.37. The zero-order valence-electron chi connectivity index (χ0n) is 6.58. The van der Waals surface area contributed by atoms with E-state index < -0.39 is 0 Å². The van der Waals surface area contributed by atoms with Gasteiger partial charge in [-0.3, -0.25) is 4.98 Å². The smallest absolute Gasteiger partial charge is 0.0419 e. The molecule has 0 spiro atoms. The number of halogens is 1. The molecule has 0 saturated heterocycles. The van der Waals surface area contributed by atoms with Gasteiger partial charge in [-0.25, -0.2) is 0 Å². The van der Waals surface area contributed by atoms with Crippen LogP contribution in [0.4, 0.5) is 0 Å². The Labute approximate surface area is 73.2 Å². The molecule has 3 heteroatoms. The van der Waals surface area contributed by atoms with Gasteiger partial charge in [0.1, 0.15) is 0 Å². The number of nitrogens with two attached hydrogens (primary N) is 1. The molecule has 2 nitrogen and oxygen atoms in total. The first-order valence-electron chi connectivity index (χ1n) is 3.45. The summed E-state index contributed by atoms with van der Waals surface area (Å²) in [5, 5.41) is 0. The van der Waals surface area contributed by atoms with E-state index in [0.717, 1.165) is 17.8 Å². The maximum atomic E-state index is 5.37. The van der Waals surface area contributed by atoms with E-state index in [9.17, 15) is 0 Å². The van der Waals surface area contributed by atoms with Gasteiger partial charge in [0.15, 0.2) is 0 Å². The van der Waals surface area contributed by atoms with Crippen molar-refractivity contribution in [2.75, 3.05) is 6.54 Å². The van der Waals surface area contributed by atoms with E-state index in [1.54, 1.807) is 0 Å². The monoisotopic (exact) mass is 172 g/mol. The van der Waals surface area contributed by atoms with Crippen LogP contribution >= 0.6 is 12.4 Å². The standard InChI is InChI=1S/C8H12N2.ClH/c1-7-3-2-4-8(10-7)5-6-9;/h2-4H,5-6,9H2,1H3;1H. The molecule has 1 aromatic heterocycles. The second kappa shape index (κ2) is 5.10. The topological polar surface area (TPSA) is 38.9 Å². The molecular weight excluding hydrogens is 160 g/mol. The minimum atomic E-state index is 0. The summed E-state index contributed by atoms with van der Waals surface area (Å²) >= 11 is 0. The van der Waals surface area contributed by atoms with E-state index >= 15 is 0 Å². The van der Waals surface area contributed by atoms with Crippen LogP contribution in [0.1, 0.15) is 11.4 Å². The van der Waals surface area contributed by atoms with Gasteiger partial charge in [-0.2, -0.15) is 0 Å². The SMILES string of the molecule is Cc1cccc(CCN)n1.Cl. The molecule has 0 atom stereocenters. The summed E-state index contributed by atoms with van der Waals surface area (Å²) in [6.07, 6.45) is 0.877. The summed E-state index contributed by atoms with van der Waals surface area (Å²) in [5.74, 6) is 0. The van der Waals surface area contributed by atoms with Crippen molar-refractivity contribution < 1.29 is 0 Å². The molecule has 0 radical (unpaired) electrons. The number of aryl methyl sites for hydroxylation is 1. The van der Waals surface area contributed by atoms with Gasteiger partial charge in [0.25, 0.3) is 0 Å². The molecule has 0 aliphatic carbocycles. The maximum Gasteiger partial charge on any atom is 0.0419 e. The lowest BCUT2D eigenvalue weighted by atomic mass is 10.2. The lowest BCUT2D eigenvalue weighted by Crippen LogP contribution is -2.04. The Kier molecular flexibility index (Phi) is 4.83. The van der Waals surface area contributed by atoms with Crippen LogP contribution in [0.2, 0.25) is 0 Å². The molecule has 0 unspecified atom stereocenters. The number of pyridine rings is 1. The highest BCUT2D eigenvalue weighted by molar-refractivity contribution is 5.85. The van der Waals surface area contributed by atoms with E-state index in [-0.39, 0.29) is 12.4 Å². The van der Waals surface area contributed by atoms with Crippen molar-refractivity contribution >= 4 is 12.4 Å². The fourth-order valence-corrected chi connectivity index (χ4v) is 0.887. The van der Waals surface area contributed by atoms with E-state index in [4.69, 9.17) is 5.73 Å². The Balaban J connectivity index is 0.000001000. The summed E-state index contributed by atoms with van der Waals surface area (Å²) in [5.41, 5.74) is 7.52. The van der Waals surface area contributed by atoms with Gasteiger partial charge < -0.3 is 5.73 Å². The van der Waals surface area contributed by atoms with Crippen molar-refractivity contribution in [2.24, 2.45) is 5.73 Å². The lowest BCUT2D eigenvalue weighted by molar-refractivity contribution is 0.912. The quantitative estimate of drug-likeness (QED) is 0.731. The van der Waals surface area contributed by atoms with Gasteiger partial charge in [0.05, 0.1) is 0 Å². The summed E-state index contributed by atoms with van der Waals surface area (Å²) in [7, 11) is 0. The summed E-state index contributed by atoms with van der Waals surface area (Å²) in [4.78, 5) is 4.28. The van der Waals surface area contributed by atoms with Crippen molar-refractivity contribution in [3.05, 3.63) is 29.6 Å². The number of hydrogen-bond donors (Lipinski definition) is 1. The zero-order chi connectivity index (χ0) is 7.40. The molecule has 0 amide bonds. The number of nitrogens with zero attached hydrogens (tertiary/aromatic N) is 1. The fraction of sp³-hybridized carbons (Fsp3) is 0.375. The predicted octanol–water partition coefficient (Wildman–Crippen LogP) is 1.31. The predicted molar refractivity (Wildman–Crippen MR) is 49.0 cm³/mol. The number of hydrogen-bond acceptors (Lipinski definition) is 2. The Morgan fingerprint density at radius 3 is 2.73 bits per heavy atom. The molecule has 0 saturated carbocycles. The molecule has 1 aromatic rings. The highest BCUT2D eigenvalue weighted by Crippen LogP contribution is 1.97. The third-order valence-corrected chi connectivity index (χ3v) is 1.35. The van der Waals surface area contributed by atoms with Gasteiger partial charge in [-0.15, -0.1) is 12.4 Å². The van der Waals surface area contributed by atoms with Gasteiger partial charge in [0.2, 0.25) is 0 Å².